The number of rotatable bonds is 4. The van der Waals surface area contributed by atoms with Crippen molar-refractivity contribution in [1.29, 1.82) is 0 Å². The van der Waals surface area contributed by atoms with Crippen LogP contribution in [0.3, 0.4) is 0 Å². The highest BCUT2D eigenvalue weighted by molar-refractivity contribution is 5.85. The Kier molecular flexibility index (Phi) is 6.29. The van der Waals surface area contributed by atoms with Gasteiger partial charge < -0.3 is 15.4 Å². The molecule has 0 aliphatic carbocycles. The van der Waals surface area contributed by atoms with Crippen molar-refractivity contribution in [2.45, 2.75) is 25.2 Å². The molecule has 1 fully saturated rings. The summed E-state index contributed by atoms with van der Waals surface area (Å²) >= 11 is 0. The Balaban J connectivity index is 0.00000220. The van der Waals surface area contributed by atoms with E-state index in [1.807, 2.05) is 0 Å². The van der Waals surface area contributed by atoms with Gasteiger partial charge in [-0.25, -0.2) is 0 Å². The molecule has 0 radical (unpaired) electrons. The van der Waals surface area contributed by atoms with Crippen molar-refractivity contribution in [3.8, 4) is 5.75 Å². The van der Waals surface area contributed by atoms with Gasteiger partial charge in [0.25, 0.3) is 0 Å². The summed E-state index contributed by atoms with van der Waals surface area (Å²) in [5.74, 6) is -0.426. The summed E-state index contributed by atoms with van der Waals surface area (Å²) in [4.78, 5) is 11.7. The van der Waals surface area contributed by atoms with E-state index >= 15 is 0 Å². The predicted molar refractivity (Wildman–Crippen MR) is 73.5 cm³/mol. The van der Waals surface area contributed by atoms with Gasteiger partial charge in [0.1, 0.15) is 5.75 Å². The fraction of sp³-hybridized carbons (Fsp3) is 0.462. The van der Waals surface area contributed by atoms with Crippen molar-refractivity contribution in [2.75, 3.05) is 13.1 Å². The zero-order valence-corrected chi connectivity index (χ0v) is 11.9. The van der Waals surface area contributed by atoms with Gasteiger partial charge in [-0.3, -0.25) is 4.79 Å². The van der Waals surface area contributed by atoms with E-state index in [4.69, 9.17) is 0 Å². The van der Waals surface area contributed by atoms with E-state index in [1.54, 1.807) is 0 Å². The highest BCUT2D eigenvalue weighted by atomic mass is 35.5. The average molecular weight is 325 g/mol. The van der Waals surface area contributed by atoms with Crippen molar-refractivity contribution >= 4 is 18.3 Å². The van der Waals surface area contributed by atoms with Crippen LogP contribution in [0, 0.1) is 0 Å². The summed E-state index contributed by atoms with van der Waals surface area (Å²) in [6.07, 6.45) is -3.67. The highest BCUT2D eigenvalue weighted by Gasteiger charge is 2.30. The Bertz CT molecular complexity index is 459. The molecular weight excluding hydrogens is 309 g/mol. The number of benzene rings is 1. The van der Waals surface area contributed by atoms with Gasteiger partial charge in [-0.05, 0) is 30.7 Å². The minimum atomic E-state index is -4.70. The minimum absolute atomic E-state index is 0. The first kappa shape index (κ1) is 17.6. The van der Waals surface area contributed by atoms with Crippen LogP contribution in [0.2, 0.25) is 0 Å². The first-order valence-corrected chi connectivity index (χ1v) is 6.27. The Hall–Kier alpha value is -1.47. The summed E-state index contributed by atoms with van der Waals surface area (Å²) in [6, 6.07) is 5.44. The van der Waals surface area contributed by atoms with Gasteiger partial charge in [0.2, 0.25) is 5.91 Å². The quantitative estimate of drug-likeness (QED) is 0.891. The third-order valence-corrected chi connectivity index (χ3v) is 2.95. The molecule has 1 aliphatic heterocycles. The van der Waals surface area contributed by atoms with E-state index in [0.29, 0.717) is 5.56 Å². The molecule has 0 aromatic heterocycles. The lowest BCUT2D eigenvalue weighted by molar-refractivity contribution is -0.274. The Morgan fingerprint density at radius 1 is 1.33 bits per heavy atom. The first-order valence-electron chi connectivity index (χ1n) is 6.27. The van der Waals surface area contributed by atoms with Crippen molar-refractivity contribution in [3.05, 3.63) is 29.8 Å². The van der Waals surface area contributed by atoms with E-state index < -0.39 is 6.36 Å². The number of halogens is 4. The topological polar surface area (TPSA) is 50.4 Å². The number of amides is 1. The summed E-state index contributed by atoms with van der Waals surface area (Å²) in [6.45, 7) is 1.64. The molecule has 1 amide bonds. The third kappa shape index (κ3) is 6.22. The maximum atomic E-state index is 12.0. The molecule has 1 aromatic rings. The minimum Gasteiger partial charge on any atom is -0.406 e. The van der Waals surface area contributed by atoms with Crippen LogP contribution < -0.4 is 15.4 Å². The zero-order chi connectivity index (χ0) is 14.6. The molecule has 8 heteroatoms. The number of carbonyl (C=O) groups excluding carboxylic acids is 1. The van der Waals surface area contributed by atoms with Gasteiger partial charge in [-0.2, -0.15) is 0 Å². The average Bonchev–Trinajstić information content (AvgIpc) is 2.82. The molecule has 0 saturated carbocycles. The van der Waals surface area contributed by atoms with Gasteiger partial charge >= 0.3 is 6.36 Å². The van der Waals surface area contributed by atoms with Gasteiger partial charge in [0.05, 0.1) is 6.42 Å². The number of nitrogens with one attached hydrogen (secondary N) is 2. The van der Waals surface area contributed by atoms with Crippen LogP contribution >= 0.6 is 12.4 Å². The molecule has 0 bridgehead atoms. The SMILES string of the molecule is Cl.O=C(Cc1ccc(OC(F)(F)F)cc1)NC1CCNC1. The van der Waals surface area contributed by atoms with Crippen molar-refractivity contribution in [1.82, 2.24) is 10.6 Å². The van der Waals surface area contributed by atoms with Crippen LogP contribution in [0.4, 0.5) is 13.2 Å². The van der Waals surface area contributed by atoms with Crippen molar-refractivity contribution < 1.29 is 22.7 Å². The summed E-state index contributed by atoms with van der Waals surface area (Å²) < 4.78 is 39.7. The molecule has 1 aliphatic rings. The highest BCUT2D eigenvalue weighted by Crippen LogP contribution is 2.22. The molecule has 1 saturated heterocycles. The molecule has 1 unspecified atom stereocenters. The molecule has 1 atom stereocenters. The van der Waals surface area contributed by atoms with Crippen molar-refractivity contribution in [3.63, 3.8) is 0 Å². The van der Waals surface area contributed by atoms with Crippen LogP contribution in [0.1, 0.15) is 12.0 Å². The molecule has 118 valence electrons. The standard InChI is InChI=1S/C13H15F3N2O2.ClH/c14-13(15,16)20-11-3-1-9(2-4-11)7-12(19)18-10-5-6-17-8-10;/h1-4,10,17H,5-8H2,(H,18,19);1H. The number of carbonyl (C=O) groups is 1. The second-order valence-corrected chi connectivity index (χ2v) is 4.63. The summed E-state index contributed by atoms with van der Waals surface area (Å²) in [7, 11) is 0. The van der Waals surface area contributed by atoms with E-state index in [2.05, 4.69) is 15.4 Å². The van der Waals surface area contributed by atoms with Gasteiger partial charge in [-0.15, -0.1) is 25.6 Å². The predicted octanol–water partition coefficient (Wildman–Crippen LogP) is 2.03. The number of alkyl halides is 3. The molecule has 0 spiro atoms. The van der Waals surface area contributed by atoms with Crippen LogP contribution in [0.15, 0.2) is 24.3 Å². The molecule has 21 heavy (non-hydrogen) atoms. The van der Waals surface area contributed by atoms with Crippen LogP contribution in [0.5, 0.6) is 5.75 Å². The molecule has 1 aromatic carbocycles. The smallest absolute Gasteiger partial charge is 0.406 e. The molecular formula is C13H16ClF3N2O2. The van der Waals surface area contributed by atoms with E-state index in [1.165, 1.54) is 24.3 Å². The summed E-state index contributed by atoms with van der Waals surface area (Å²) in [5, 5.41) is 6.00. The molecule has 1 heterocycles. The number of ether oxygens (including phenoxy) is 1. The lowest BCUT2D eigenvalue weighted by Gasteiger charge is -2.12. The second kappa shape index (κ2) is 7.51. The van der Waals surface area contributed by atoms with Crippen LogP contribution in [0.25, 0.3) is 0 Å². The van der Waals surface area contributed by atoms with E-state index in [-0.39, 0.29) is 36.5 Å². The van der Waals surface area contributed by atoms with Gasteiger partial charge in [-0.1, -0.05) is 12.1 Å². The van der Waals surface area contributed by atoms with Crippen LogP contribution in [-0.4, -0.2) is 31.4 Å². The molecule has 2 N–H and O–H groups in total. The monoisotopic (exact) mass is 324 g/mol. The number of hydrogen-bond donors (Lipinski definition) is 2. The maximum Gasteiger partial charge on any atom is 0.573 e. The maximum absolute atomic E-state index is 12.0. The lowest BCUT2D eigenvalue weighted by atomic mass is 10.1. The Labute approximate surface area is 126 Å². The van der Waals surface area contributed by atoms with Crippen LogP contribution in [-0.2, 0) is 11.2 Å². The van der Waals surface area contributed by atoms with Gasteiger partial charge in [0.15, 0.2) is 0 Å². The Morgan fingerprint density at radius 3 is 2.52 bits per heavy atom. The second-order valence-electron chi connectivity index (χ2n) is 4.63. The number of hydrogen-bond acceptors (Lipinski definition) is 3. The lowest BCUT2D eigenvalue weighted by Crippen LogP contribution is -2.37. The fourth-order valence-corrected chi connectivity index (χ4v) is 2.05. The van der Waals surface area contributed by atoms with Gasteiger partial charge in [0, 0.05) is 12.6 Å². The van der Waals surface area contributed by atoms with Crippen molar-refractivity contribution in [2.24, 2.45) is 0 Å². The summed E-state index contributed by atoms with van der Waals surface area (Å²) in [5.41, 5.74) is 0.642. The Morgan fingerprint density at radius 2 is 2.00 bits per heavy atom. The van der Waals surface area contributed by atoms with E-state index in [0.717, 1.165) is 19.5 Å². The van der Waals surface area contributed by atoms with E-state index in [9.17, 15) is 18.0 Å². The third-order valence-electron chi connectivity index (χ3n) is 2.95. The first-order chi connectivity index (χ1) is 9.42. The zero-order valence-electron chi connectivity index (χ0n) is 11.1. The fourth-order valence-electron chi connectivity index (χ4n) is 2.05. The molecule has 2 rings (SSSR count). The normalized spacial score (nSPS) is 18.0. The largest absolute Gasteiger partial charge is 0.573 e. The molecule has 4 nitrogen and oxygen atoms in total.